The fourth-order valence-electron chi connectivity index (χ4n) is 2.88. The average Bonchev–Trinajstić information content (AvgIpc) is 2.54. The molecule has 2 aromatic rings. The van der Waals surface area contributed by atoms with Crippen LogP contribution < -0.4 is 10.6 Å². The zero-order valence-electron chi connectivity index (χ0n) is 11.9. The highest BCUT2D eigenvalue weighted by Gasteiger charge is 2.20. The maximum atomic E-state index is 5.79. The number of nitrogens with zero attached hydrogens (tertiary/aromatic N) is 2. The van der Waals surface area contributed by atoms with E-state index >= 15 is 0 Å². The van der Waals surface area contributed by atoms with E-state index in [0.29, 0.717) is 12.6 Å². The van der Waals surface area contributed by atoms with Gasteiger partial charge in [0.15, 0.2) is 0 Å². The number of hydrogen-bond acceptors (Lipinski definition) is 4. The molecule has 20 heavy (non-hydrogen) atoms. The van der Waals surface area contributed by atoms with Crippen molar-refractivity contribution in [2.75, 3.05) is 25.2 Å². The van der Waals surface area contributed by atoms with Gasteiger partial charge in [-0.15, -0.1) is 0 Å². The van der Waals surface area contributed by atoms with Gasteiger partial charge in [-0.3, -0.25) is 4.98 Å². The SMILES string of the molecule is CN(c1cc(CN)nc2ccccc12)C1CCOCC1. The monoisotopic (exact) mass is 271 g/mol. The molecule has 0 radical (unpaired) electrons. The molecule has 2 N–H and O–H groups in total. The number of pyridine rings is 1. The molecule has 0 unspecified atom stereocenters. The Hall–Kier alpha value is -1.65. The quantitative estimate of drug-likeness (QED) is 0.930. The lowest BCUT2D eigenvalue weighted by Gasteiger charge is -2.33. The molecule has 4 nitrogen and oxygen atoms in total. The zero-order chi connectivity index (χ0) is 13.9. The first-order chi connectivity index (χ1) is 9.79. The minimum atomic E-state index is 0.472. The Kier molecular flexibility index (Phi) is 3.85. The number of rotatable bonds is 3. The largest absolute Gasteiger partial charge is 0.381 e. The number of aromatic nitrogens is 1. The molecule has 0 spiro atoms. The number of benzene rings is 1. The summed E-state index contributed by atoms with van der Waals surface area (Å²) in [6.45, 7) is 2.17. The Morgan fingerprint density at radius 2 is 2.05 bits per heavy atom. The second-order valence-corrected chi connectivity index (χ2v) is 5.31. The van der Waals surface area contributed by atoms with Crippen molar-refractivity contribution in [3.63, 3.8) is 0 Å². The third-order valence-electron chi connectivity index (χ3n) is 4.08. The third kappa shape index (κ3) is 2.49. The van der Waals surface area contributed by atoms with E-state index in [2.05, 4.69) is 41.2 Å². The molecule has 1 aliphatic heterocycles. The van der Waals surface area contributed by atoms with Crippen LogP contribution in [0, 0.1) is 0 Å². The molecule has 2 heterocycles. The molecular weight excluding hydrogens is 250 g/mol. The van der Waals surface area contributed by atoms with Gasteiger partial charge in [0.05, 0.1) is 11.2 Å². The maximum absolute atomic E-state index is 5.79. The summed E-state index contributed by atoms with van der Waals surface area (Å²) in [6, 6.07) is 10.9. The second-order valence-electron chi connectivity index (χ2n) is 5.31. The van der Waals surface area contributed by atoms with Gasteiger partial charge >= 0.3 is 0 Å². The van der Waals surface area contributed by atoms with Gasteiger partial charge in [0, 0.05) is 43.9 Å². The first-order valence-corrected chi connectivity index (χ1v) is 7.19. The van der Waals surface area contributed by atoms with Crippen LogP contribution >= 0.6 is 0 Å². The summed E-state index contributed by atoms with van der Waals surface area (Å²) in [4.78, 5) is 6.97. The normalized spacial score (nSPS) is 16.5. The highest BCUT2D eigenvalue weighted by Crippen LogP contribution is 2.29. The first kappa shape index (κ1) is 13.3. The minimum absolute atomic E-state index is 0.472. The average molecular weight is 271 g/mol. The number of nitrogens with two attached hydrogens (primary N) is 1. The van der Waals surface area contributed by atoms with Crippen molar-refractivity contribution >= 4 is 16.6 Å². The van der Waals surface area contributed by atoms with Crippen LogP contribution in [-0.2, 0) is 11.3 Å². The summed E-state index contributed by atoms with van der Waals surface area (Å²) < 4.78 is 5.46. The molecule has 1 saturated heterocycles. The van der Waals surface area contributed by atoms with E-state index in [0.717, 1.165) is 37.3 Å². The number of para-hydroxylation sites is 1. The Morgan fingerprint density at radius 3 is 2.80 bits per heavy atom. The maximum Gasteiger partial charge on any atom is 0.0726 e. The van der Waals surface area contributed by atoms with E-state index in [1.165, 1.54) is 11.1 Å². The molecule has 1 aromatic heterocycles. The highest BCUT2D eigenvalue weighted by atomic mass is 16.5. The standard InChI is InChI=1S/C16H21N3O/c1-19(13-6-8-20-9-7-13)16-10-12(11-17)18-15-5-3-2-4-14(15)16/h2-5,10,13H,6-9,11,17H2,1H3. The van der Waals surface area contributed by atoms with Crippen LogP contribution in [0.2, 0.25) is 0 Å². The van der Waals surface area contributed by atoms with Crippen molar-refractivity contribution in [3.05, 3.63) is 36.0 Å². The van der Waals surface area contributed by atoms with Crippen LogP contribution in [0.25, 0.3) is 10.9 Å². The molecular formula is C16H21N3O. The molecule has 0 aliphatic carbocycles. The summed E-state index contributed by atoms with van der Waals surface area (Å²) in [7, 11) is 2.16. The van der Waals surface area contributed by atoms with Gasteiger partial charge < -0.3 is 15.4 Å². The van der Waals surface area contributed by atoms with E-state index in [9.17, 15) is 0 Å². The predicted octanol–water partition coefficient (Wildman–Crippen LogP) is 2.31. The number of hydrogen-bond donors (Lipinski definition) is 1. The van der Waals surface area contributed by atoms with Crippen LogP contribution in [-0.4, -0.2) is 31.3 Å². The van der Waals surface area contributed by atoms with Crippen molar-refractivity contribution in [3.8, 4) is 0 Å². The van der Waals surface area contributed by atoms with Crippen molar-refractivity contribution in [1.29, 1.82) is 0 Å². The molecule has 4 heteroatoms. The summed E-state index contributed by atoms with van der Waals surface area (Å²) in [6.07, 6.45) is 2.15. The van der Waals surface area contributed by atoms with Crippen molar-refractivity contribution in [2.24, 2.45) is 5.73 Å². The van der Waals surface area contributed by atoms with Crippen LogP contribution in [0.5, 0.6) is 0 Å². The van der Waals surface area contributed by atoms with Crippen LogP contribution in [0.4, 0.5) is 5.69 Å². The summed E-state index contributed by atoms with van der Waals surface area (Å²) >= 11 is 0. The summed E-state index contributed by atoms with van der Waals surface area (Å²) in [5, 5.41) is 1.19. The molecule has 0 atom stereocenters. The van der Waals surface area contributed by atoms with Gasteiger partial charge in [-0.25, -0.2) is 0 Å². The highest BCUT2D eigenvalue weighted by molar-refractivity contribution is 5.92. The molecule has 1 aliphatic rings. The number of fused-ring (bicyclic) bond motifs is 1. The lowest BCUT2D eigenvalue weighted by atomic mass is 10.0. The van der Waals surface area contributed by atoms with Crippen molar-refractivity contribution in [1.82, 2.24) is 4.98 Å². The molecule has 0 bridgehead atoms. The van der Waals surface area contributed by atoms with Gasteiger partial charge in [0.1, 0.15) is 0 Å². The fraction of sp³-hybridized carbons (Fsp3) is 0.438. The van der Waals surface area contributed by atoms with E-state index < -0.39 is 0 Å². The van der Waals surface area contributed by atoms with Crippen LogP contribution in [0.15, 0.2) is 30.3 Å². The van der Waals surface area contributed by atoms with Crippen molar-refractivity contribution < 1.29 is 4.74 Å². The third-order valence-corrected chi connectivity index (χ3v) is 4.08. The molecule has 0 saturated carbocycles. The van der Waals surface area contributed by atoms with Gasteiger partial charge in [-0.2, -0.15) is 0 Å². The van der Waals surface area contributed by atoms with E-state index in [4.69, 9.17) is 10.5 Å². The minimum Gasteiger partial charge on any atom is -0.381 e. The molecule has 1 fully saturated rings. The number of ether oxygens (including phenoxy) is 1. The molecule has 1 aromatic carbocycles. The predicted molar refractivity (Wildman–Crippen MR) is 81.9 cm³/mol. The van der Waals surface area contributed by atoms with Gasteiger partial charge in [-0.1, -0.05) is 18.2 Å². The van der Waals surface area contributed by atoms with Gasteiger partial charge in [0.25, 0.3) is 0 Å². The lowest BCUT2D eigenvalue weighted by molar-refractivity contribution is 0.0855. The van der Waals surface area contributed by atoms with Crippen molar-refractivity contribution in [2.45, 2.75) is 25.4 Å². The van der Waals surface area contributed by atoms with E-state index in [1.807, 2.05) is 6.07 Å². The molecule has 3 rings (SSSR count). The first-order valence-electron chi connectivity index (χ1n) is 7.19. The fourth-order valence-corrected chi connectivity index (χ4v) is 2.88. The zero-order valence-corrected chi connectivity index (χ0v) is 11.9. The topological polar surface area (TPSA) is 51.4 Å². The molecule has 0 amide bonds. The molecule has 106 valence electrons. The summed E-state index contributed by atoms with van der Waals surface area (Å²) in [5.41, 5.74) is 8.97. The van der Waals surface area contributed by atoms with E-state index in [1.54, 1.807) is 0 Å². The Morgan fingerprint density at radius 1 is 1.30 bits per heavy atom. The van der Waals surface area contributed by atoms with E-state index in [-0.39, 0.29) is 0 Å². The second kappa shape index (κ2) is 5.77. The Labute approximate surface area is 119 Å². The number of anilines is 1. The smallest absolute Gasteiger partial charge is 0.0726 e. The van der Waals surface area contributed by atoms with Gasteiger partial charge in [-0.05, 0) is 25.0 Å². The van der Waals surface area contributed by atoms with Crippen LogP contribution in [0.1, 0.15) is 18.5 Å². The van der Waals surface area contributed by atoms with Crippen LogP contribution in [0.3, 0.4) is 0 Å². The Balaban J connectivity index is 2.04. The lowest BCUT2D eigenvalue weighted by Crippen LogP contribution is -2.36. The van der Waals surface area contributed by atoms with Gasteiger partial charge in [0.2, 0.25) is 0 Å². The Bertz CT molecular complexity index is 593. The summed E-state index contributed by atoms with van der Waals surface area (Å²) in [5.74, 6) is 0.